The third-order valence-corrected chi connectivity index (χ3v) is 2.13. The number of aryl methyl sites for hydroxylation is 1. The lowest BCUT2D eigenvalue weighted by molar-refractivity contribution is 0.0715. The zero-order valence-electron chi connectivity index (χ0n) is 7.63. The van der Waals surface area contributed by atoms with Gasteiger partial charge in [0.25, 0.3) is 0 Å². The summed E-state index contributed by atoms with van der Waals surface area (Å²) in [5.74, 6) is 0.423. The van der Waals surface area contributed by atoms with Crippen LogP contribution >= 0.6 is 0 Å². The number of benzene rings is 1. The number of rotatable bonds is 0. The molecule has 66 valence electrons. The largest absolute Gasteiger partial charge is 0.423 e. The summed E-state index contributed by atoms with van der Waals surface area (Å²) >= 11 is 0. The van der Waals surface area contributed by atoms with Gasteiger partial charge in [-0.2, -0.15) is 0 Å². The van der Waals surface area contributed by atoms with Crippen LogP contribution in [0.4, 0.5) is 0 Å². The Morgan fingerprint density at radius 3 is 2.77 bits per heavy atom. The second-order valence-corrected chi connectivity index (χ2v) is 3.09. The van der Waals surface area contributed by atoms with Gasteiger partial charge in [-0.15, -0.1) is 0 Å². The van der Waals surface area contributed by atoms with Gasteiger partial charge in [0.2, 0.25) is 0 Å². The molecule has 0 aliphatic carbocycles. The highest BCUT2D eigenvalue weighted by molar-refractivity contribution is 6.03. The first-order valence-electron chi connectivity index (χ1n) is 4.22. The first-order chi connectivity index (χ1) is 6.22. The summed E-state index contributed by atoms with van der Waals surface area (Å²) in [7, 11) is 0. The predicted molar refractivity (Wildman–Crippen MR) is 50.2 cm³/mol. The maximum Gasteiger partial charge on any atom is 0.344 e. The van der Waals surface area contributed by atoms with Crippen LogP contribution in [0.1, 0.15) is 28.4 Å². The molecule has 1 aromatic carbocycles. The molecule has 0 aromatic heterocycles. The number of hydrogen-bond acceptors (Lipinski definition) is 2. The molecule has 0 saturated heterocycles. The van der Waals surface area contributed by atoms with Gasteiger partial charge in [0, 0.05) is 5.56 Å². The highest BCUT2D eigenvalue weighted by Crippen LogP contribution is 2.29. The van der Waals surface area contributed by atoms with E-state index < -0.39 is 0 Å². The third kappa shape index (κ3) is 1.15. The molecule has 13 heavy (non-hydrogen) atoms. The first-order valence-corrected chi connectivity index (χ1v) is 4.22. The van der Waals surface area contributed by atoms with Gasteiger partial charge in [-0.1, -0.05) is 17.7 Å². The van der Waals surface area contributed by atoms with Crippen LogP contribution in [0.15, 0.2) is 24.3 Å². The van der Waals surface area contributed by atoms with E-state index in [1.54, 1.807) is 6.08 Å². The van der Waals surface area contributed by atoms with Crippen molar-refractivity contribution in [3.05, 3.63) is 41.0 Å². The molecule has 2 rings (SSSR count). The summed E-state index contributed by atoms with van der Waals surface area (Å²) in [5.41, 5.74) is 2.65. The average Bonchev–Trinajstić information content (AvgIpc) is 2.43. The standard InChI is InChI=1S/C11H10O2/c1-3-10-8-5-4-7(2)6-9(8)11(12)13-10/h3-6H,1-2H3/b10-3-. The van der Waals surface area contributed by atoms with Crippen LogP contribution < -0.4 is 0 Å². The zero-order chi connectivity index (χ0) is 9.42. The Morgan fingerprint density at radius 2 is 2.08 bits per heavy atom. The number of fused-ring (bicyclic) bond motifs is 1. The van der Waals surface area contributed by atoms with Crippen molar-refractivity contribution in [1.29, 1.82) is 0 Å². The molecule has 0 radical (unpaired) electrons. The normalized spacial score (nSPS) is 17.4. The van der Waals surface area contributed by atoms with Crippen molar-refractivity contribution in [3.8, 4) is 0 Å². The van der Waals surface area contributed by atoms with Gasteiger partial charge in [0.05, 0.1) is 5.56 Å². The minimum absolute atomic E-state index is 0.244. The van der Waals surface area contributed by atoms with E-state index in [-0.39, 0.29) is 5.97 Å². The molecule has 1 aliphatic rings. The number of esters is 1. The molecule has 1 aliphatic heterocycles. The van der Waals surface area contributed by atoms with Crippen molar-refractivity contribution in [3.63, 3.8) is 0 Å². The highest BCUT2D eigenvalue weighted by atomic mass is 16.5. The Balaban J connectivity index is 2.65. The Morgan fingerprint density at radius 1 is 1.31 bits per heavy atom. The van der Waals surface area contributed by atoms with E-state index in [4.69, 9.17) is 4.74 Å². The molecule has 0 spiro atoms. The molecule has 2 heteroatoms. The maximum atomic E-state index is 11.3. The Labute approximate surface area is 76.8 Å². The van der Waals surface area contributed by atoms with Crippen LogP contribution in [0, 0.1) is 6.92 Å². The number of cyclic esters (lactones) is 1. The van der Waals surface area contributed by atoms with Crippen molar-refractivity contribution in [2.45, 2.75) is 13.8 Å². The molecular formula is C11H10O2. The van der Waals surface area contributed by atoms with Crippen LogP contribution in [0.3, 0.4) is 0 Å². The lowest BCUT2D eigenvalue weighted by Crippen LogP contribution is -1.93. The minimum atomic E-state index is -0.244. The van der Waals surface area contributed by atoms with E-state index in [1.165, 1.54) is 0 Å². The summed E-state index contributed by atoms with van der Waals surface area (Å²) in [6, 6.07) is 5.75. The second kappa shape index (κ2) is 2.73. The quantitative estimate of drug-likeness (QED) is 0.565. The number of ether oxygens (including phenoxy) is 1. The van der Waals surface area contributed by atoms with Crippen molar-refractivity contribution < 1.29 is 9.53 Å². The van der Waals surface area contributed by atoms with E-state index in [1.807, 2.05) is 32.0 Å². The van der Waals surface area contributed by atoms with Gasteiger partial charge < -0.3 is 4.74 Å². The monoisotopic (exact) mass is 174 g/mol. The molecule has 0 unspecified atom stereocenters. The van der Waals surface area contributed by atoms with Crippen LogP contribution in [-0.2, 0) is 4.74 Å². The van der Waals surface area contributed by atoms with Crippen LogP contribution in [0.25, 0.3) is 5.76 Å². The predicted octanol–water partition coefficient (Wildman–Crippen LogP) is 2.53. The fourth-order valence-electron chi connectivity index (χ4n) is 1.47. The number of hydrogen-bond donors (Lipinski definition) is 0. The van der Waals surface area contributed by atoms with Crippen LogP contribution in [0.2, 0.25) is 0 Å². The van der Waals surface area contributed by atoms with Crippen molar-refractivity contribution in [1.82, 2.24) is 0 Å². The van der Waals surface area contributed by atoms with Gasteiger partial charge in [0.1, 0.15) is 5.76 Å². The summed E-state index contributed by atoms with van der Waals surface area (Å²) in [5, 5.41) is 0. The molecule has 1 heterocycles. The van der Waals surface area contributed by atoms with Gasteiger partial charge in [-0.3, -0.25) is 0 Å². The zero-order valence-corrected chi connectivity index (χ0v) is 7.63. The van der Waals surface area contributed by atoms with Crippen LogP contribution in [-0.4, -0.2) is 5.97 Å². The van der Waals surface area contributed by atoms with E-state index >= 15 is 0 Å². The van der Waals surface area contributed by atoms with E-state index in [0.717, 1.165) is 11.1 Å². The molecule has 0 N–H and O–H groups in total. The maximum absolute atomic E-state index is 11.3. The summed E-state index contributed by atoms with van der Waals surface area (Å²) in [6.07, 6.45) is 1.80. The number of allylic oxidation sites excluding steroid dienone is 1. The summed E-state index contributed by atoms with van der Waals surface area (Å²) in [6.45, 7) is 3.82. The van der Waals surface area contributed by atoms with Crippen molar-refractivity contribution in [2.75, 3.05) is 0 Å². The lowest BCUT2D eigenvalue weighted by Gasteiger charge is -1.96. The highest BCUT2D eigenvalue weighted by Gasteiger charge is 2.25. The molecule has 0 amide bonds. The summed E-state index contributed by atoms with van der Waals surface area (Å²) in [4.78, 5) is 11.3. The van der Waals surface area contributed by atoms with E-state index in [2.05, 4.69) is 0 Å². The van der Waals surface area contributed by atoms with Crippen molar-refractivity contribution in [2.24, 2.45) is 0 Å². The van der Waals surface area contributed by atoms with Gasteiger partial charge in [-0.05, 0) is 26.0 Å². The second-order valence-electron chi connectivity index (χ2n) is 3.09. The Bertz CT molecular complexity index is 403. The molecule has 0 fully saturated rings. The molecule has 0 bridgehead atoms. The van der Waals surface area contributed by atoms with Crippen molar-refractivity contribution >= 4 is 11.7 Å². The summed E-state index contributed by atoms with van der Waals surface area (Å²) < 4.78 is 5.06. The molecule has 1 aromatic rings. The van der Waals surface area contributed by atoms with Gasteiger partial charge in [-0.25, -0.2) is 4.79 Å². The van der Waals surface area contributed by atoms with E-state index in [9.17, 15) is 4.79 Å². The number of carbonyl (C=O) groups is 1. The molecule has 2 nitrogen and oxygen atoms in total. The molecule has 0 saturated carbocycles. The Kier molecular flexibility index (Phi) is 1.69. The first kappa shape index (κ1) is 8.05. The lowest BCUT2D eigenvalue weighted by atomic mass is 10.1. The van der Waals surface area contributed by atoms with Gasteiger partial charge in [0.15, 0.2) is 0 Å². The number of carbonyl (C=O) groups excluding carboxylic acids is 1. The molecular weight excluding hydrogens is 164 g/mol. The van der Waals surface area contributed by atoms with Crippen LogP contribution in [0.5, 0.6) is 0 Å². The smallest absolute Gasteiger partial charge is 0.344 e. The third-order valence-electron chi connectivity index (χ3n) is 2.13. The Hall–Kier alpha value is -1.57. The van der Waals surface area contributed by atoms with Gasteiger partial charge >= 0.3 is 5.97 Å². The fourth-order valence-corrected chi connectivity index (χ4v) is 1.47. The average molecular weight is 174 g/mol. The minimum Gasteiger partial charge on any atom is -0.423 e. The topological polar surface area (TPSA) is 26.3 Å². The SMILES string of the molecule is C/C=C1\OC(=O)c2cc(C)ccc21. The van der Waals surface area contributed by atoms with E-state index in [0.29, 0.717) is 11.3 Å². The molecule has 0 atom stereocenters. The fraction of sp³-hybridized carbons (Fsp3) is 0.182.